The predicted molar refractivity (Wildman–Crippen MR) is 125 cm³/mol. The lowest BCUT2D eigenvalue weighted by atomic mass is 9.85. The summed E-state index contributed by atoms with van der Waals surface area (Å²) in [5, 5.41) is 15.4. The number of imidazole rings is 1. The van der Waals surface area contributed by atoms with Gasteiger partial charge in [-0.1, -0.05) is 18.5 Å². The van der Waals surface area contributed by atoms with Gasteiger partial charge in [0.1, 0.15) is 11.3 Å². The molecule has 1 atom stereocenters. The number of amides is 1. The van der Waals surface area contributed by atoms with Gasteiger partial charge in [0, 0.05) is 18.0 Å². The number of anilines is 3. The molecule has 2 aromatic heterocycles. The number of benzene rings is 1. The summed E-state index contributed by atoms with van der Waals surface area (Å²) in [6, 6.07) is 1.43. The number of aromatic nitrogens is 4. The number of halogens is 3. The summed E-state index contributed by atoms with van der Waals surface area (Å²) in [6.45, 7) is 1.85. The van der Waals surface area contributed by atoms with E-state index in [2.05, 4.69) is 25.6 Å². The van der Waals surface area contributed by atoms with Crippen LogP contribution in [0.15, 0.2) is 18.3 Å². The van der Waals surface area contributed by atoms with Crippen LogP contribution in [0.1, 0.15) is 45.1 Å². The first-order valence-corrected chi connectivity index (χ1v) is 11.5. The Bertz CT molecular complexity index is 1170. The highest BCUT2D eigenvalue weighted by molar-refractivity contribution is 6.33. The van der Waals surface area contributed by atoms with Gasteiger partial charge in [-0.15, -0.1) is 0 Å². The van der Waals surface area contributed by atoms with E-state index < -0.39 is 11.6 Å². The molecule has 1 aliphatic rings. The van der Waals surface area contributed by atoms with Gasteiger partial charge in [0.05, 0.1) is 29.6 Å². The number of carbonyl (C=O) groups is 1. The maximum Gasteiger partial charge on any atom is 0.225 e. The van der Waals surface area contributed by atoms with Crippen molar-refractivity contribution in [2.75, 3.05) is 17.2 Å². The average Bonchev–Trinajstić information content (AvgIpc) is 3.17. The predicted octanol–water partition coefficient (Wildman–Crippen LogP) is 3.90. The van der Waals surface area contributed by atoms with Crippen molar-refractivity contribution in [2.24, 2.45) is 11.7 Å². The van der Waals surface area contributed by atoms with Gasteiger partial charge in [-0.05, 0) is 38.2 Å². The zero-order valence-corrected chi connectivity index (χ0v) is 19.3. The third-order valence-electron chi connectivity index (χ3n) is 6.19. The van der Waals surface area contributed by atoms with Crippen molar-refractivity contribution in [1.82, 2.24) is 19.5 Å². The molecular formula is C22H26ClF2N7O2. The first-order chi connectivity index (χ1) is 16.3. The highest BCUT2D eigenvalue weighted by Gasteiger charge is 2.29. The number of carbonyl (C=O) groups excluding carboxylic acids is 1. The summed E-state index contributed by atoms with van der Waals surface area (Å²) in [6.07, 6.45) is 4.67. The Morgan fingerprint density at radius 2 is 2.03 bits per heavy atom. The molecular weight excluding hydrogens is 468 g/mol. The Hall–Kier alpha value is -3.05. The molecule has 1 aliphatic carbocycles. The van der Waals surface area contributed by atoms with Crippen LogP contribution >= 0.6 is 11.6 Å². The van der Waals surface area contributed by atoms with Gasteiger partial charge < -0.3 is 21.5 Å². The van der Waals surface area contributed by atoms with Crippen LogP contribution in [0.2, 0.25) is 5.02 Å². The van der Waals surface area contributed by atoms with Crippen LogP contribution in [0.25, 0.3) is 11.2 Å². The average molecular weight is 494 g/mol. The fourth-order valence-electron chi connectivity index (χ4n) is 4.25. The minimum Gasteiger partial charge on any atom is -0.394 e. The molecule has 0 radical (unpaired) electrons. The van der Waals surface area contributed by atoms with Crippen LogP contribution in [-0.4, -0.2) is 43.2 Å². The smallest absolute Gasteiger partial charge is 0.225 e. The molecule has 1 amide bonds. The Balaban J connectivity index is 1.76. The van der Waals surface area contributed by atoms with Gasteiger partial charge in [-0.2, -0.15) is 4.98 Å². The van der Waals surface area contributed by atoms with E-state index in [-0.39, 0.29) is 47.2 Å². The van der Waals surface area contributed by atoms with Crippen LogP contribution in [0.5, 0.6) is 0 Å². The van der Waals surface area contributed by atoms with Crippen LogP contribution < -0.4 is 16.4 Å². The maximum atomic E-state index is 14.5. The van der Waals surface area contributed by atoms with Crippen molar-refractivity contribution in [3.05, 3.63) is 35.0 Å². The van der Waals surface area contributed by atoms with Crippen molar-refractivity contribution < 1.29 is 18.7 Å². The minimum absolute atomic E-state index is 0.0799. The number of hydrogen-bond acceptors (Lipinski definition) is 7. The van der Waals surface area contributed by atoms with E-state index in [1.54, 1.807) is 0 Å². The van der Waals surface area contributed by atoms with Crippen molar-refractivity contribution in [3.63, 3.8) is 0 Å². The van der Waals surface area contributed by atoms with Gasteiger partial charge in [0.25, 0.3) is 0 Å². The molecule has 0 unspecified atom stereocenters. The molecule has 3 aromatic rings. The Morgan fingerprint density at radius 1 is 1.29 bits per heavy atom. The molecule has 4 rings (SSSR count). The second kappa shape index (κ2) is 10.1. The van der Waals surface area contributed by atoms with Crippen molar-refractivity contribution in [3.8, 4) is 0 Å². The molecule has 9 nitrogen and oxygen atoms in total. The summed E-state index contributed by atoms with van der Waals surface area (Å²) >= 11 is 6.10. The Kier molecular flexibility index (Phi) is 7.13. The molecule has 182 valence electrons. The number of nitrogens with one attached hydrogen (secondary N) is 2. The highest BCUT2D eigenvalue weighted by Crippen LogP contribution is 2.38. The number of hydrogen-bond donors (Lipinski definition) is 4. The molecule has 0 saturated heterocycles. The lowest BCUT2D eigenvalue weighted by molar-refractivity contribution is -0.122. The first kappa shape index (κ1) is 24.1. The van der Waals surface area contributed by atoms with Gasteiger partial charge in [0.15, 0.2) is 11.5 Å². The molecule has 34 heavy (non-hydrogen) atoms. The van der Waals surface area contributed by atoms with Crippen molar-refractivity contribution >= 4 is 46.3 Å². The normalized spacial score (nSPS) is 19.2. The SMILES string of the molecule is CC[C@@H](CO)Nc1ncc2nc(Nc3c(F)cc(F)cc3Cl)n([C@H]3CC[C@@H](C(N)=O)CC3)c2n1. The third kappa shape index (κ3) is 4.90. The molecule has 1 fully saturated rings. The standard InChI is InChI=1S/C22H26ClF2N7O2/c1-2-13(10-33)28-21-27-9-17-20(31-21)32(14-5-3-11(4-6-14)19(26)34)22(29-17)30-18-15(23)7-12(24)8-16(18)25/h7-9,11,13-14,33H,2-6,10H2,1H3,(H2,26,34)(H,29,30)(H,27,28,31)/t11-,13-,14+/m0/s1. The Morgan fingerprint density at radius 3 is 2.65 bits per heavy atom. The van der Waals surface area contributed by atoms with Gasteiger partial charge in [-0.25, -0.2) is 18.7 Å². The summed E-state index contributed by atoms with van der Waals surface area (Å²) in [7, 11) is 0. The number of nitrogens with two attached hydrogens (primary N) is 1. The van der Waals surface area contributed by atoms with E-state index in [0.29, 0.717) is 49.2 Å². The first-order valence-electron chi connectivity index (χ1n) is 11.1. The number of nitrogens with zero attached hydrogens (tertiary/aromatic N) is 4. The highest BCUT2D eigenvalue weighted by atomic mass is 35.5. The monoisotopic (exact) mass is 493 g/mol. The van der Waals surface area contributed by atoms with E-state index in [9.17, 15) is 18.7 Å². The van der Waals surface area contributed by atoms with Crippen LogP contribution in [0.4, 0.5) is 26.4 Å². The molecule has 0 spiro atoms. The molecule has 2 heterocycles. The number of aliphatic hydroxyl groups excluding tert-OH is 1. The fourth-order valence-corrected chi connectivity index (χ4v) is 4.49. The number of rotatable bonds is 8. The Labute approximate surface area is 199 Å². The zero-order valence-electron chi connectivity index (χ0n) is 18.6. The van der Waals surface area contributed by atoms with Crippen LogP contribution in [0.3, 0.4) is 0 Å². The van der Waals surface area contributed by atoms with E-state index in [4.69, 9.17) is 17.3 Å². The number of primary amides is 1. The molecule has 0 aliphatic heterocycles. The van der Waals surface area contributed by atoms with E-state index in [0.717, 1.165) is 12.1 Å². The molecule has 12 heteroatoms. The number of fused-ring (bicyclic) bond motifs is 1. The van der Waals surface area contributed by atoms with Crippen LogP contribution in [0, 0.1) is 17.6 Å². The van der Waals surface area contributed by atoms with E-state index in [1.807, 2.05) is 11.5 Å². The second-order valence-electron chi connectivity index (χ2n) is 8.42. The lowest BCUT2D eigenvalue weighted by Crippen LogP contribution is -2.29. The molecule has 5 N–H and O–H groups in total. The van der Waals surface area contributed by atoms with Gasteiger partial charge in [-0.3, -0.25) is 9.36 Å². The topological polar surface area (TPSA) is 131 Å². The van der Waals surface area contributed by atoms with Gasteiger partial charge in [0.2, 0.25) is 17.8 Å². The largest absolute Gasteiger partial charge is 0.394 e. The molecule has 1 saturated carbocycles. The van der Waals surface area contributed by atoms with E-state index >= 15 is 0 Å². The summed E-state index contributed by atoms with van der Waals surface area (Å²) in [5.74, 6) is -1.59. The summed E-state index contributed by atoms with van der Waals surface area (Å²) in [5.41, 5.74) is 6.33. The number of aliphatic hydroxyl groups is 1. The van der Waals surface area contributed by atoms with Crippen molar-refractivity contribution in [2.45, 2.75) is 51.1 Å². The summed E-state index contributed by atoms with van der Waals surface area (Å²) < 4.78 is 29.9. The zero-order chi connectivity index (χ0) is 24.4. The fraction of sp³-hybridized carbons (Fsp3) is 0.455. The molecule has 1 aromatic carbocycles. The second-order valence-corrected chi connectivity index (χ2v) is 8.82. The maximum absolute atomic E-state index is 14.5. The third-order valence-corrected chi connectivity index (χ3v) is 6.49. The molecule has 0 bridgehead atoms. The quantitative estimate of drug-likeness (QED) is 0.374. The van der Waals surface area contributed by atoms with Crippen molar-refractivity contribution in [1.29, 1.82) is 0 Å². The van der Waals surface area contributed by atoms with Crippen LogP contribution in [-0.2, 0) is 4.79 Å². The summed E-state index contributed by atoms with van der Waals surface area (Å²) in [4.78, 5) is 25.1. The minimum atomic E-state index is -0.858. The van der Waals surface area contributed by atoms with Gasteiger partial charge >= 0.3 is 0 Å². The van der Waals surface area contributed by atoms with E-state index in [1.165, 1.54) is 6.20 Å². The lowest BCUT2D eigenvalue weighted by Gasteiger charge is -2.29.